The topological polar surface area (TPSA) is 42.0 Å². The van der Waals surface area contributed by atoms with Crippen LogP contribution in [-0.4, -0.2) is 10.9 Å². The Bertz CT molecular complexity index is 489. The van der Waals surface area contributed by atoms with E-state index in [-0.39, 0.29) is 18.3 Å². The molecule has 0 unspecified atom stereocenters. The minimum Gasteiger partial charge on any atom is -0.347 e. The van der Waals surface area contributed by atoms with E-state index in [1.807, 2.05) is 12.1 Å². The lowest BCUT2D eigenvalue weighted by Gasteiger charge is -2.02. The third kappa shape index (κ3) is 4.11. The number of rotatable bonds is 3. The third-order valence-corrected chi connectivity index (χ3v) is 3.60. The molecule has 0 saturated carbocycles. The van der Waals surface area contributed by atoms with Crippen molar-refractivity contribution < 1.29 is 4.79 Å². The van der Waals surface area contributed by atoms with Gasteiger partial charge in [0.1, 0.15) is 0 Å². The van der Waals surface area contributed by atoms with Gasteiger partial charge in [-0.3, -0.25) is 9.78 Å². The number of hydrogen-bond acceptors (Lipinski definition) is 3. The van der Waals surface area contributed by atoms with Gasteiger partial charge in [0.15, 0.2) is 0 Å². The van der Waals surface area contributed by atoms with Gasteiger partial charge >= 0.3 is 0 Å². The molecule has 3 nitrogen and oxygen atoms in total. The number of pyridine rings is 1. The van der Waals surface area contributed by atoms with Crippen LogP contribution in [0.1, 0.15) is 15.2 Å². The van der Waals surface area contributed by atoms with Crippen LogP contribution in [0.15, 0.2) is 40.4 Å². The SMILES string of the molecule is Cl.O=C(NCc1ccc(Br)s1)c1cccnc1. The number of hydrogen-bond donors (Lipinski definition) is 1. The zero-order valence-corrected chi connectivity index (χ0v) is 11.9. The summed E-state index contributed by atoms with van der Waals surface area (Å²) < 4.78 is 1.07. The largest absolute Gasteiger partial charge is 0.347 e. The predicted octanol–water partition coefficient (Wildman–Crippen LogP) is 3.26. The van der Waals surface area contributed by atoms with Crippen molar-refractivity contribution in [3.05, 3.63) is 50.9 Å². The molecule has 2 heterocycles. The normalized spacial score (nSPS) is 9.47. The van der Waals surface area contributed by atoms with Gasteiger partial charge in [-0.2, -0.15) is 0 Å². The van der Waals surface area contributed by atoms with Crippen LogP contribution < -0.4 is 5.32 Å². The fourth-order valence-electron chi connectivity index (χ4n) is 1.21. The lowest BCUT2D eigenvalue weighted by atomic mass is 10.3. The van der Waals surface area contributed by atoms with E-state index in [1.54, 1.807) is 35.9 Å². The van der Waals surface area contributed by atoms with Crippen LogP contribution in [0.3, 0.4) is 0 Å². The Morgan fingerprint density at radius 1 is 1.41 bits per heavy atom. The van der Waals surface area contributed by atoms with E-state index in [2.05, 4.69) is 26.2 Å². The van der Waals surface area contributed by atoms with Crippen molar-refractivity contribution >= 4 is 45.6 Å². The molecule has 17 heavy (non-hydrogen) atoms. The number of nitrogens with zero attached hydrogens (tertiary/aromatic N) is 1. The molecule has 1 amide bonds. The second kappa shape index (κ2) is 6.74. The highest BCUT2D eigenvalue weighted by Gasteiger charge is 2.05. The van der Waals surface area contributed by atoms with Crippen molar-refractivity contribution in [1.82, 2.24) is 10.3 Å². The number of amides is 1. The second-order valence-electron chi connectivity index (χ2n) is 3.13. The van der Waals surface area contributed by atoms with Gasteiger partial charge in [-0.05, 0) is 40.2 Å². The smallest absolute Gasteiger partial charge is 0.253 e. The number of carbonyl (C=O) groups is 1. The lowest BCUT2D eigenvalue weighted by Crippen LogP contribution is -2.22. The van der Waals surface area contributed by atoms with Crippen molar-refractivity contribution in [2.24, 2.45) is 0 Å². The maximum Gasteiger partial charge on any atom is 0.253 e. The zero-order valence-electron chi connectivity index (χ0n) is 8.72. The average molecular weight is 334 g/mol. The van der Waals surface area contributed by atoms with Gasteiger partial charge in [-0.15, -0.1) is 23.7 Å². The fourth-order valence-corrected chi connectivity index (χ4v) is 2.64. The summed E-state index contributed by atoms with van der Waals surface area (Å²) in [5, 5.41) is 2.84. The van der Waals surface area contributed by atoms with E-state index in [1.165, 1.54) is 0 Å². The molecule has 90 valence electrons. The van der Waals surface area contributed by atoms with E-state index in [9.17, 15) is 4.79 Å². The van der Waals surface area contributed by atoms with Crippen LogP contribution in [0.25, 0.3) is 0 Å². The maximum absolute atomic E-state index is 11.7. The Morgan fingerprint density at radius 2 is 2.24 bits per heavy atom. The van der Waals surface area contributed by atoms with Crippen molar-refractivity contribution in [1.29, 1.82) is 0 Å². The molecule has 0 radical (unpaired) electrons. The minimum absolute atomic E-state index is 0. The molecule has 0 atom stereocenters. The number of halogens is 2. The highest BCUT2D eigenvalue weighted by Crippen LogP contribution is 2.21. The quantitative estimate of drug-likeness (QED) is 0.937. The maximum atomic E-state index is 11.7. The molecule has 2 aromatic rings. The molecular formula is C11H10BrClN2OS. The van der Waals surface area contributed by atoms with Crippen LogP contribution in [0.4, 0.5) is 0 Å². The van der Waals surface area contributed by atoms with Gasteiger partial charge in [-0.1, -0.05) is 0 Å². The van der Waals surface area contributed by atoms with E-state index < -0.39 is 0 Å². The summed E-state index contributed by atoms with van der Waals surface area (Å²) in [7, 11) is 0. The standard InChI is InChI=1S/C11H9BrN2OS.ClH/c12-10-4-3-9(16-10)7-14-11(15)8-2-1-5-13-6-8;/h1-6H,7H2,(H,14,15);1H. The molecule has 0 aromatic carbocycles. The van der Waals surface area contributed by atoms with Gasteiger partial charge in [0.25, 0.3) is 5.91 Å². The summed E-state index contributed by atoms with van der Waals surface area (Å²) in [5.74, 6) is -0.0994. The van der Waals surface area contributed by atoms with Gasteiger partial charge < -0.3 is 5.32 Å². The Labute approximate surface area is 118 Å². The Hall–Kier alpha value is -0.910. The van der Waals surface area contributed by atoms with E-state index in [4.69, 9.17) is 0 Å². The summed E-state index contributed by atoms with van der Waals surface area (Å²) in [6.45, 7) is 0.546. The summed E-state index contributed by atoms with van der Waals surface area (Å²) in [6, 6.07) is 7.44. The molecule has 0 aliphatic heterocycles. The molecule has 0 bridgehead atoms. The Balaban J connectivity index is 0.00000144. The first kappa shape index (κ1) is 14.2. The van der Waals surface area contributed by atoms with Crippen LogP contribution in [0.2, 0.25) is 0 Å². The predicted molar refractivity (Wildman–Crippen MR) is 74.7 cm³/mol. The molecule has 0 saturated heterocycles. The van der Waals surface area contributed by atoms with Crippen molar-refractivity contribution in [3.63, 3.8) is 0 Å². The first-order chi connectivity index (χ1) is 7.75. The molecule has 0 aliphatic rings. The van der Waals surface area contributed by atoms with Crippen LogP contribution >= 0.6 is 39.7 Å². The summed E-state index contributed by atoms with van der Waals surface area (Å²) >= 11 is 4.99. The van der Waals surface area contributed by atoms with E-state index >= 15 is 0 Å². The number of carbonyl (C=O) groups excluding carboxylic acids is 1. The summed E-state index contributed by atoms with van der Waals surface area (Å²) in [6.07, 6.45) is 3.20. The van der Waals surface area contributed by atoms with Gasteiger partial charge in [0.05, 0.1) is 15.9 Å². The van der Waals surface area contributed by atoms with Gasteiger partial charge in [0, 0.05) is 17.3 Å². The molecule has 0 spiro atoms. The van der Waals surface area contributed by atoms with Crippen molar-refractivity contribution in [2.45, 2.75) is 6.54 Å². The van der Waals surface area contributed by atoms with Crippen LogP contribution in [-0.2, 0) is 6.54 Å². The first-order valence-electron chi connectivity index (χ1n) is 4.68. The molecule has 2 aromatic heterocycles. The first-order valence-corrected chi connectivity index (χ1v) is 6.29. The highest BCUT2D eigenvalue weighted by molar-refractivity contribution is 9.11. The summed E-state index contributed by atoms with van der Waals surface area (Å²) in [4.78, 5) is 16.7. The lowest BCUT2D eigenvalue weighted by molar-refractivity contribution is 0.0951. The van der Waals surface area contributed by atoms with Crippen LogP contribution in [0.5, 0.6) is 0 Å². The van der Waals surface area contributed by atoms with E-state index in [0.29, 0.717) is 12.1 Å². The van der Waals surface area contributed by atoms with Crippen LogP contribution in [0, 0.1) is 0 Å². The number of thiophene rings is 1. The minimum atomic E-state index is -0.0994. The highest BCUT2D eigenvalue weighted by atomic mass is 79.9. The molecule has 6 heteroatoms. The Morgan fingerprint density at radius 3 is 2.82 bits per heavy atom. The molecular weight excluding hydrogens is 324 g/mol. The van der Waals surface area contributed by atoms with E-state index in [0.717, 1.165) is 8.66 Å². The molecule has 0 aliphatic carbocycles. The number of nitrogens with one attached hydrogen (secondary N) is 1. The molecule has 2 rings (SSSR count). The van der Waals surface area contributed by atoms with Gasteiger partial charge in [0.2, 0.25) is 0 Å². The number of aromatic nitrogens is 1. The zero-order chi connectivity index (χ0) is 11.4. The molecule has 1 N–H and O–H groups in total. The van der Waals surface area contributed by atoms with Crippen molar-refractivity contribution in [2.75, 3.05) is 0 Å². The Kier molecular flexibility index (Phi) is 5.61. The third-order valence-electron chi connectivity index (χ3n) is 1.98. The second-order valence-corrected chi connectivity index (χ2v) is 5.68. The van der Waals surface area contributed by atoms with Gasteiger partial charge in [-0.25, -0.2) is 0 Å². The summed E-state index contributed by atoms with van der Waals surface area (Å²) in [5.41, 5.74) is 0.582. The monoisotopic (exact) mass is 332 g/mol. The average Bonchev–Trinajstić information content (AvgIpc) is 2.73. The van der Waals surface area contributed by atoms with Crippen molar-refractivity contribution in [3.8, 4) is 0 Å². The fraction of sp³-hybridized carbons (Fsp3) is 0.0909. The molecule has 0 fully saturated rings.